The van der Waals surface area contributed by atoms with E-state index in [1.165, 1.54) is 5.56 Å². The molecule has 6 heteroatoms. The third kappa shape index (κ3) is 6.26. The van der Waals surface area contributed by atoms with Crippen molar-refractivity contribution in [2.45, 2.75) is 102 Å². The predicted octanol–water partition coefficient (Wildman–Crippen LogP) is 7.85. The van der Waals surface area contributed by atoms with Crippen molar-refractivity contribution in [3.05, 3.63) is 82.7 Å². The Morgan fingerprint density at radius 2 is 1.59 bits per heavy atom. The fourth-order valence-corrected chi connectivity index (χ4v) is 6.71. The molecule has 39 heavy (non-hydrogen) atoms. The maximum Gasteiger partial charge on any atom is 0.298 e. The van der Waals surface area contributed by atoms with E-state index in [1.54, 1.807) is 24.3 Å². The number of hydrogen-bond acceptors (Lipinski definition) is 5. The van der Waals surface area contributed by atoms with Crippen LogP contribution in [-0.2, 0) is 45.6 Å². The first-order chi connectivity index (χ1) is 18.9. The molecule has 206 valence electrons. The summed E-state index contributed by atoms with van der Waals surface area (Å²) in [5.74, 6) is 0. The smallest absolute Gasteiger partial charge is 0.253 e. The van der Waals surface area contributed by atoms with Gasteiger partial charge in [-0.2, -0.15) is 13.7 Å². The highest BCUT2D eigenvalue weighted by Crippen LogP contribution is 2.46. The van der Waals surface area contributed by atoms with Gasteiger partial charge in [0.25, 0.3) is 10.1 Å². The van der Waals surface area contributed by atoms with E-state index in [4.69, 9.17) is 9.17 Å². The topological polar surface area (TPSA) is 80.0 Å². The molecule has 0 N–H and O–H groups in total. The van der Waals surface area contributed by atoms with Crippen LogP contribution >= 0.6 is 0 Å². The third-order valence-corrected chi connectivity index (χ3v) is 9.11. The van der Waals surface area contributed by atoms with Crippen molar-refractivity contribution in [1.29, 1.82) is 5.26 Å². The van der Waals surface area contributed by atoms with Gasteiger partial charge in [-0.25, -0.2) is 4.18 Å². The Hall–Kier alpha value is -3.01. The number of hydrogen-bond donors (Lipinski definition) is 0. The molecule has 1 unspecified atom stereocenters. The average molecular weight is 545 g/mol. The van der Waals surface area contributed by atoms with Gasteiger partial charge in [0.15, 0.2) is 0 Å². The lowest BCUT2D eigenvalue weighted by molar-refractivity contribution is 0.133. The lowest BCUT2D eigenvalue weighted by atomic mass is 9.88. The van der Waals surface area contributed by atoms with Crippen molar-refractivity contribution in [3.63, 3.8) is 0 Å². The first kappa shape index (κ1) is 29.0. The molecule has 4 rings (SSSR count). The van der Waals surface area contributed by atoms with E-state index in [1.807, 2.05) is 25.1 Å². The maximum atomic E-state index is 13.5. The zero-order chi connectivity index (χ0) is 27.9. The zero-order valence-electron chi connectivity index (χ0n) is 23.5. The van der Waals surface area contributed by atoms with Gasteiger partial charge in [-0.1, -0.05) is 88.9 Å². The van der Waals surface area contributed by atoms with Crippen LogP contribution in [0.15, 0.2) is 59.5 Å². The molecular formula is C33H40N2O3S. The normalized spacial score (nSPS) is 16.7. The van der Waals surface area contributed by atoms with Gasteiger partial charge in [0, 0.05) is 12.1 Å². The monoisotopic (exact) mass is 544 g/mol. The van der Waals surface area contributed by atoms with Crippen LogP contribution in [-0.4, -0.2) is 13.4 Å². The first-order valence-corrected chi connectivity index (χ1v) is 15.9. The molecule has 2 aromatic carbocycles. The van der Waals surface area contributed by atoms with E-state index in [9.17, 15) is 13.7 Å². The Morgan fingerprint density at radius 3 is 2.21 bits per heavy atom. The summed E-state index contributed by atoms with van der Waals surface area (Å²) in [6, 6.07) is 19.2. The van der Waals surface area contributed by atoms with Gasteiger partial charge in [0.1, 0.15) is 6.07 Å². The standard InChI is InChI=1S/C33H40N2O3S/c1-4-7-10-16-28-30(17-11-8-5-2)35-32-29(31(28)26-14-12-9-13-15-26)22-23-33(32,24-34)38-39(36,37)27-20-18-25(6-3)19-21-27/h9,12-15,18-21H,4-8,10-11,16-17,22-23H2,1-3H3. The molecule has 0 fully saturated rings. The Balaban J connectivity index is 1.86. The highest BCUT2D eigenvalue weighted by atomic mass is 32.2. The molecule has 0 radical (unpaired) electrons. The summed E-state index contributed by atoms with van der Waals surface area (Å²) in [5, 5.41) is 10.5. The summed E-state index contributed by atoms with van der Waals surface area (Å²) < 4.78 is 32.8. The fraction of sp³-hybridized carbons (Fsp3) is 0.455. The fourth-order valence-electron chi connectivity index (χ4n) is 5.57. The molecule has 5 nitrogen and oxygen atoms in total. The Kier molecular flexibility index (Phi) is 9.58. The van der Waals surface area contributed by atoms with E-state index < -0.39 is 15.7 Å². The minimum absolute atomic E-state index is 0.0606. The average Bonchev–Trinajstić information content (AvgIpc) is 3.31. The second-order valence-corrected chi connectivity index (χ2v) is 12.0. The van der Waals surface area contributed by atoms with Crippen molar-refractivity contribution in [2.75, 3.05) is 0 Å². The van der Waals surface area contributed by atoms with E-state index in [0.29, 0.717) is 12.1 Å². The van der Waals surface area contributed by atoms with E-state index in [-0.39, 0.29) is 11.3 Å². The Bertz CT molecular complexity index is 1410. The number of nitriles is 1. The van der Waals surface area contributed by atoms with E-state index in [2.05, 4.69) is 32.0 Å². The number of nitrogens with zero attached hydrogens (tertiary/aromatic N) is 2. The van der Waals surface area contributed by atoms with Crippen LogP contribution in [0.4, 0.5) is 0 Å². The molecule has 3 aromatic rings. The van der Waals surface area contributed by atoms with Crippen LogP contribution in [0.1, 0.15) is 93.8 Å². The highest BCUT2D eigenvalue weighted by Gasteiger charge is 2.48. The number of fused-ring (bicyclic) bond motifs is 1. The quantitative estimate of drug-likeness (QED) is 0.162. The van der Waals surface area contributed by atoms with Crippen molar-refractivity contribution in [2.24, 2.45) is 0 Å². The molecule has 0 aliphatic heterocycles. The van der Waals surface area contributed by atoms with Crippen molar-refractivity contribution >= 4 is 10.1 Å². The first-order valence-electron chi connectivity index (χ1n) is 14.5. The van der Waals surface area contributed by atoms with Gasteiger partial charge in [0.2, 0.25) is 5.60 Å². The Morgan fingerprint density at radius 1 is 0.923 bits per heavy atom. The van der Waals surface area contributed by atoms with Gasteiger partial charge in [0.05, 0.1) is 10.6 Å². The molecule has 0 saturated heterocycles. The molecule has 1 aliphatic carbocycles. The number of aromatic nitrogens is 1. The number of unbranched alkanes of at least 4 members (excludes halogenated alkanes) is 4. The molecule has 0 saturated carbocycles. The van der Waals surface area contributed by atoms with Gasteiger partial charge in [-0.15, -0.1) is 0 Å². The summed E-state index contributed by atoms with van der Waals surface area (Å²) in [4.78, 5) is 5.17. The molecule has 1 aromatic heterocycles. The van der Waals surface area contributed by atoms with Crippen LogP contribution in [0, 0.1) is 11.3 Å². The maximum absolute atomic E-state index is 13.5. The molecule has 1 aliphatic rings. The van der Waals surface area contributed by atoms with Crippen molar-refractivity contribution in [1.82, 2.24) is 4.98 Å². The third-order valence-electron chi connectivity index (χ3n) is 7.76. The van der Waals surface area contributed by atoms with E-state index >= 15 is 0 Å². The van der Waals surface area contributed by atoms with Crippen LogP contribution in [0.2, 0.25) is 0 Å². The summed E-state index contributed by atoms with van der Waals surface area (Å²) >= 11 is 0. The summed E-state index contributed by atoms with van der Waals surface area (Å²) in [6.07, 6.45) is 9.86. The number of aryl methyl sites for hydroxylation is 2. The number of benzene rings is 2. The molecule has 0 amide bonds. The highest BCUT2D eigenvalue weighted by molar-refractivity contribution is 7.86. The predicted molar refractivity (Wildman–Crippen MR) is 156 cm³/mol. The SMILES string of the molecule is CCCCCc1nc2c(c(-c3ccccc3)c1CCCCC)CCC2(C#N)OS(=O)(=O)c1ccc(CC)cc1. The minimum Gasteiger partial charge on any atom is -0.253 e. The second kappa shape index (κ2) is 12.9. The largest absolute Gasteiger partial charge is 0.298 e. The lowest BCUT2D eigenvalue weighted by Crippen LogP contribution is -2.30. The number of pyridine rings is 1. The molecule has 1 atom stereocenters. The van der Waals surface area contributed by atoms with Crippen LogP contribution in [0.3, 0.4) is 0 Å². The van der Waals surface area contributed by atoms with Crippen molar-refractivity contribution < 1.29 is 12.6 Å². The van der Waals surface area contributed by atoms with Gasteiger partial charge < -0.3 is 0 Å². The summed E-state index contributed by atoms with van der Waals surface area (Å²) in [7, 11) is -4.18. The van der Waals surface area contributed by atoms with Crippen molar-refractivity contribution in [3.8, 4) is 17.2 Å². The second-order valence-electron chi connectivity index (χ2n) is 10.5. The summed E-state index contributed by atoms with van der Waals surface area (Å²) in [5.41, 5.74) is 5.25. The molecule has 0 spiro atoms. The van der Waals surface area contributed by atoms with Crippen LogP contribution < -0.4 is 0 Å². The minimum atomic E-state index is -4.18. The van der Waals surface area contributed by atoms with Gasteiger partial charge in [-0.05, 0) is 78.5 Å². The van der Waals surface area contributed by atoms with Gasteiger partial charge >= 0.3 is 0 Å². The van der Waals surface area contributed by atoms with Gasteiger partial charge in [-0.3, -0.25) is 4.98 Å². The number of rotatable bonds is 13. The lowest BCUT2D eigenvalue weighted by Gasteiger charge is -2.24. The molecular weight excluding hydrogens is 504 g/mol. The summed E-state index contributed by atoms with van der Waals surface area (Å²) in [6.45, 7) is 6.40. The van der Waals surface area contributed by atoms with Crippen LogP contribution in [0.25, 0.3) is 11.1 Å². The molecule has 1 heterocycles. The molecule has 0 bridgehead atoms. The van der Waals surface area contributed by atoms with Crippen LogP contribution in [0.5, 0.6) is 0 Å². The van der Waals surface area contributed by atoms with E-state index in [0.717, 1.165) is 85.7 Å². The zero-order valence-corrected chi connectivity index (χ0v) is 24.3. The Labute approximate surface area is 234 Å².